The predicted molar refractivity (Wildman–Crippen MR) is 117 cm³/mol. The number of carbonyl (C=O) groups excluding carboxylic acids is 1. The Morgan fingerprint density at radius 3 is 2.15 bits per heavy atom. The Labute approximate surface area is 190 Å². The number of nitro groups is 1. The summed E-state index contributed by atoms with van der Waals surface area (Å²) in [7, 11) is 1.28. The molecule has 13 heteroatoms. The van der Waals surface area contributed by atoms with E-state index in [2.05, 4.69) is 10.0 Å². The fourth-order valence-corrected chi connectivity index (χ4v) is 4.46. The minimum absolute atomic E-state index is 0.00391. The lowest BCUT2D eigenvalue weighted by Gasteiger charge is -2.16. The normalized spacial score (nSPS) is 13.2. The fraction of sp³-hybridized carbons (Fsp3) is 0.350. The van der Waals surface area contributed by atoms with Gasteiger partial charge in [0, 0.05) is 12.1 Å². The van der Waals surface area contributed by atoms with Crippen molar-refractivity contribution in [3.63, 3.8) is 0 Å². The summed E-state index contributed by atoms with van der Waals surface area (Å²) in [5.74, 6) is -1.08. The first-order valence-corrected chi connectivity index (χ1v) is 11.1. The van der Waals surface area contributed by atoms with Crippen LogP contribution >= 0.6 is 0 Å². The molecule has 1 aliphatic rings. The highest BCUT2D eigenvalue weighted by atomic mass is 32.2. The largest absolute Gasteiger partial charge is 0.495 e. The van der Waals surface area contributed by atoms with E-state index in [1.165, 1.54) is 46.6 Å². The molecular formula is C20H23N3O9S. The van der Waals surface area contributed by atoms with Gasteiger partial charge in [-0.15, -0.1) is 0 Å². The lowest BCUT2D eigenvalue weighted by molar-refractivity contribution is -0.386. The SMILES string of the molecule is COc1ccc(S(=O)(=O)NC2CC2)cc1NC(=O)c1cc(OC)c(OC)c(OC)c1[N+](=O)[O-]. The molecule has 0 aliphatic heterocycles. The number of sulfonamides is 1. The molecule has 0 bridgehead atoms. The van der Waals surface area contributed by atoms with E-state index < -0.39 is 26.5 Å². The highest BCUT2D eigenvalue weighted by molar-refractivity contribution is 7.89. The fourth-order valence-electron chi connectivity index (χ4n) is 3.13. The first-order valence-electron chi connectivity index (χ1n) is 9.65. The number of ether oxygens (including phenoxy) is 4. The first kappa shape index (κ1) is 24.1. The number of nitrogens with zero attached hydrogens (tertiary/aromatic N) is 1. The van der Waals surface area contributed by atoms with Gasteiger partial charge in [0.05, 0.1) is 43.9 Å². The summed E-state index contributed by atoms with van der Waals surface area (Å²) in [4.78, 5) is 24.0. The van der Waals surface area contributed by atoms with Gasteiger partial charge in [0.25, 0.3) is 5.91 Å². The molecule has 0 aromatic heterocycles. The Morgan fingerprint density at radius 1 is 1.00 bits per heavy atom. The lowest BCUT2D eigenvalue weighted by atomic mass is 10.1. The van der Waals surface area contributed by atoms with E-state index in [1.807, 2.05) is 0 Å². The van der Waals surface area contributed by atoms with Crippen molar-refractivity contribution in [2.75, 3.05) is 33.8 Å². The number of benzene rings is 2. The number of hydrogen-bond donors (Lipinski definition) is 2. The number of rotatable bonds is 10. The quantitative estimate of drug-likeness (QED) is 0.384. The van der Waals surface area contributed by atoms with Crippen LogP contribution in [0, 0.1) is 10.1 Å². The maximum atomic E-state index is 13.1. The van der Waals surface area contributed by atoms with Crippen molar-refractivity contribution in [2.24, 2.45) is 0 Å². The van der Waals surface area contributed by atoms with Crippen LogP contribution in [0.1, 0.15) is 23.2 Å². The molecule has 2 aromatic rings. The monoisotopic (exact) mass is 481 g/mol. The van der Waals surface area contributed by atoms with Crippen molar-refractivity contribution in [3.05, 3.63) is 39.9 Å². The topological polar surface area (TPSA) is 155 Å². The van der Waals surface area contributed by atoms with Gasteiger partial charge in [-0.25, -0.2) is 13.1 Å². The zero-order valence-corrected chi connectivity index (χ0v) is 19.1. The molecule has 1 saturated carbocycles. The summed E-state index contributed by atoms with van der Waals surface area (Å²) in [6.45, 7) is 0. The molecule has 3 rings (SSSR count). The molecule has 1 aliphatic carbocycles. The number of amides is 1. The van der Waals surface area contributed by atoms with Crippen molar-refractivity contribution in [3.8, 4) is 23.0 Å². The standard InChI is InChI=1S/C20H23N3O9S/c1-29-15-8-7-12(33(27,28)22-11-5-6-11)9-14(15)21-20(24)13-10-16(30-2)18(31-3)19(32-4)17(13)23(25)26/h7-11,22H,5-6H2,1-4H3,(H,21,24). The maximum Gasteiger partial charge on any atom is 0.327 e. The third kappa shape index (κ3) is 4.93. The Hall–Kier alpha value is -3.58. The minimum atomic E-state index is -3.82. The molecule has 2 N–H and O–H groups in total. The Morgan fingerprint density at radius 2 is 1.64 bits per heavy atom. The molecule has 1 amide bonds. The van der Waals surface area contributed by atoms with Gasteiger partial charge in [0.2, 0.25) is 21.5 Å². The average Bonchev–Trinajstić information content (AvgIpc) is 3.60. The van der Waals surface area contributed by atoms with Gasteiger partial charge >= 0.3 is 5.69 Å². The Kier molecular flexibility index (Phi) is 6.93. The van der Waals surface area contributed by atoms with Gasteiger partial charge in [-0.05, 0) is 31.0 Å². The summed E-state index contributed by atoms with van der Waals surface area (Å²) < 4.78 is 48.4. The number of methoxy groups -OCH3 is 4. The van der Waals surface area contributed by atoms with Gasteiger partial charge in [-0.1, -0.05) is 0 Å². The van der Waals surface area contributed by atoms with Crippen LogP contribution in [0.15, 0.2) is 29.2 Å². The molecule has 33 heavy (non-hydrogen) atoms. The molecule has 0 unspecified atom stereocenters. The molecule has 0 spiro atoms. The van der Waals surface area contributed by atoms with Crippen LogP contribution < -0.4 is 29.0 Å². The van der Waals surface area contributed by atoms with Crippen LogP contribution in [0.5, 0.6) is 23.0 Å². The zero-order valence-electron chi connectivity index (χ0n) is 18.3. The van der Waals surface area contributed by atoms with Gasteiger partial charge < -0.3 is 24.3 Å². The first-order chi connectivity index (χ1) is 15.7. The number of nitrogens with one attached hydrogen (secondary N) is 2. The molecule has 0 heterocycles. The van der Waals surface area contributed by atoms with Crippen molar-refractivity contribution < 1.29 is 37.1 Å². The van der Waals surface area contributed by atoms with E-state index >= 15 is 0 Å². The van der Waals surface area contributed by atoms with Gasteiger partial charge in [-0.2, -0.15) is 0 Å². The summed E-state index contributed by atoms with van der Waals surface area (Å²) >= 11 is 0. The molecule has 1 fully saturated rings. The third-order valence-corrected chi connectivity index (χ3v) is 6.38. The molecule has 0 saturated heterocycles. The maximum absolute atomic E-state index is 13.1. The van der Waals surface area contributed by atoms with Crippen molar-refractivity contribution in [2.45, 2.75) is 23.8 Å². The third-order valence-electron chi connectivity index (χ3n) is 4.86. The van der Waals surface area contributed by atoms with Gasteiger partial charge in [0.1, 0.15) is 11.3 Å². The summed E-state index contributed by atoms with van der Waals surface area (Å²) in [6.07, 6.45) is 1.51. The summed E-state index contributed by atoms with van der Waals surface area (Å²) in [5.41, 5.74) is -1.03. The second kappa shape index (κ2) is 9.50. The average molecular weight is 481 g/mol. The van der Waals surface area contributed by atoms with Crippen LogP contribution in [-0.4, -0.2) is 53.7 Å². The highest BCUT2D eigenvalue weighted by Gasteiger charge is 2.33. The number of anilines is 1. The van der Waals surface area contributed by atoms with E-state index in [-0.39, 0.29) is 45.2 Å². The van der Waals surface area contributed by atoms with Gasteiger partial charge in [0.15, 0.2) is 5.75 Å². The second-order valence-electron chi connectivity index (χ2n) is 7.01. The van der Waals surface area contributed by atoms with Crippen molar-refractivity contribution in [1.82, 2.24) is 4.72 Å². The summed E-state index contributed by atoms with van der Waals surface area (Å²) in [6, 6.07) is 4.95. The summed E-state index contributed by atoms with van der Waals surface area (Å²) in [5, 5.41) is 14.3. The van der Waals surface area contributed by atoms with Crippen LogP contribution in [-0.2, 0) is 10.0 Å². The predicted octanol–water partition coefficient (Wildman–Crippen LogP) is 2.32. The smallest absolute Gasteiger partial charge is 0.327 e. The molecule has 0 radical (unpaired) electrons. The van der Waals surface area contributed by atoms with Gasteiger partial charge in [-0.3, -0.25) is 14.9 Å². The van der Waals surface area contributed by atoms with Crippen LogP contribution in [0.4, 0.5) is 11.4 Å². The molecule has 178 valence electrons. The molecule has 0 atom stereocenters. The molecule has 12 nitrogen and oxygen atoms in total. The van der Waals surface area contributed by atoms with E-state index in [4.69, 9.17) is 18.9 Å². The number of hydrogen-bond acceptors (Lipinski definition) is 9. The molecular weight excluding hydrogens is 458 g/mol. The minimum Gasteiger partial charge on any atom is -0.495 e. The number of carbonyl (C=O) groups is 1. The van der Waals surface area contributed by atoms with E-state index in [9.17, 15) is 23.3 Å². The highest BCUT2D eigenvalue weighted by Crippen LogP contribution is 2.46. The Balaban J connectivity index is 2.06. The number of nitro benzene ring substituents is 1. The van der Waals surface area contributed by atoms with Crippen LogP contribution in [0.25, 0.3) is 0 Å². The van der Waals surface area contributed by atoms with Crippen molar-refractivity contribution in [1.29, 1.82) is 0 Å². The van der Waals surface area contributed by atoms with Crippen LogP contribution in [0.3, 0.4) is 0 Å². The lowest BCUT2D eigenvalue weighted by Crippen LogP contribution is -2.26. The molecule has 2 aromatic carbocycles. The van der Waals surface area contributed by atoms with Crippen LogP contribution in [0.2, 0.25) is 0 Å². The van der Waals surface area contributed by atoms with E-state index in [1.54, 1.807) is 0 Å². The van der Waals surface area contributed by atoms with E-state index in [0.29, 0.717) is 0 Å². The van der Waals surface area contributed by atoms with E-state index in [0.717, 1.165) is 18.9 Å². The second-order valence-corrected chi connectivity index (χ2v) is 8.72. The zero-order chi connectivity index (χ0) is 24.3. The van der Waals surface area contributed by atoms with Crippen molar-refractivity contribution >= 4 is 27.3 Å². The Bertz CT molecular complexity index is 1190.